The molecule has 4 rings (SSSR count). The van der Waals surface area contributed by atoms with Crippen molar-refractivity contribution in [1.82, 2.24) is 20.1 Å². The summed E-state index contributed by atoms with van der Waals surface area (Å²) in [4.78, 5) is 16.8. The molecular formula is C21H24N4O2. The number of hydrogen-bond acceptors (Lipinski definition) is 4. The first-order valence-corrected chi connectivity index (χ1v) is 9.39. The molecule has 0 saturated carbocycles. The molecule has 3 heterocycles. The summed E-state index contributed by atoms with van der Waals surface area (Å²) in [7, 11) is 0. The molecule has 1 N–H and O–H groups in total. The number of fused-ring (bicyclic) bond motifs is 1. The highest BCUT2D eigenvalue weighted by Crippen LogP contribution is 2.24. The highest BCUT2D eigenvalue weighted by atomic mass is 16.5. The van der Waals surface area contributed by atoms with Crippen LogP contribution in [0.4, 0.5) is 0 Å². The smallest absolute Gasteiger partial charge is 0.222 e. The third-order valence-electron chi connectivity index (χ3n) is 5.25. The molecule has 1 saturated heterocycles. The lowest BCUT2D eigenvalue weighted by Gasteiger charge is -2.20. The van der Waals surface area contributed by atoms with Crippen LogP contribution in [0.3, 0.4) is 0 Å². The summed E-state index contributed by atoms with van der Waals surface area (Å²) < 4.78 is 7.53. The molecule has 2 atom stereocenters. The van der Waals surface area contributed by atoms with Crippen LogP contribution < -0.4 is 5.32 Å². The predicted molar refractivity (Wildman–Crippen MR) is 103 cm³/mol. The van der Waals surface area contributed by atoms with Gasteiger partial charge in [-0.2, -0.15) is 5.10 Å². The van der Waals surface area contributed by atoms with Gasteiger partial charge in [-0.1, -0.05) is 18.2 Å². The van der Waals surface area contributed by atoms with E-state index in [0.29, 0.717) is 26.2 Å². The number of nitrogens with zero attached hydrogens (tertiary/aromatic N) is 3. The van der Waals surface area contributed by atoms with Crippen LogP contribution in [0.2, 0.25) is 0 Å². The van der Waals surface area contributed by atoms with Crippen molar-refractivity contribution in [3.63, 3.8) is 0 Å². The summed E-state index contributed by atoms with van der Waals surface area (Å²) in [6.45, 7) is 3.82. The molecule has 6 heteroatoms. The van der Waals surface area contributed by atoms with Gasteiger partial charge in [-0.25, -0.2) is 0 Å². The summed E-state index contributed by atoms with van der Waals surface area (Å²) in [5.41, 5.74) is 3.32. The van der Waals surface area contributed by atoms with Crippen LogP contribution in [0.5, 0.6) is 0 Å². The molecule has 140 valence electrons. The van der Waals surface area contributed by atoms with Gasteiger partial charge in [-0.3, -0.25) is 14.5 Å². The van der Waals surface area contributed by atoms with Crippen LogP contribution in [0, 0.1) is 12.8 Å². The third kappa shape index (κ3) is 4.01. The Bertz CT molecular complexity index is 931. The summed E-state index contributed by atoms with van der Waals surface area (Å²) in [6.07, 6.45) is 4.90. The van der Waals surface area contributed by atoms with Gasteiger partial charge in [-0.15, -0.1) is 0 Å². The molecule has 0 bridgehead atoms. The summed E-state index contributed by atoms with van der Waals surface area (Å²) in [6, 6.07) is 12.2. The number of pyridine rings is 1. The van der Waals surface area contributed by atoms with Gasteiger partial charge in [0.15, 0.2) is 0 Å². The molecule has 0 unspecified atom stereocenters. The molecule has 0 aliphatic carbocycles. The van der Waals surface area contributed by atoms with Crippen LogP contribution >= 0.6 is 0 Å². The van der Waals surface area contributed by atoms with E-state index in [0.717, 1.165) is 17.6 Å². The molecular weight excluding hydrogens is 340 g/mol. The second kappa shape index (κ2) is 7.88. The highest BCUT2D eigenvalue weighted by molar-refractivity contribution is 5.82. The molecule has 2 aromatic heterocycles. The Morgan fingerprint density at radius 3 is 2.96 bits per heavy atom. The van der Waals surface area contributed by atoms with Crippen molar-refractivity contribution in [2.45, 2.75) is 32.4 Å². The summed E-state index contributed by atoms with van der Waals surface area (Å²) in [5, 5.41) is 8.56. The Morgan fingerprint density at radius 2 is 2.11 bits per heavy atom. The number of aryl methyl sites for hydroxylation is 2. The minimum atomic E-state index is 0.0446. The van der Waals surface area contributed by atoms with Gasteiger partial charge in [0.1, 0.15) is 0 Å². The maximum atomic E-state index is 12.4. The molecule has 1 amide bonds. The quantitative estimate of drug-likeness (QED) is 0.730. The van der Waals surface area contributed by atoms with Crippen molar-refractivity contribution in [2.24, 2.45) is 5.92 Å². The van der Waals surface area contributed by atoms with E-state index in [1.54, 1.807) is 6.20 Å². The van der Waals surface area contributed by atoms with Gasteiger partial charge in [0.05, 0.1) is 24.8 Å². The number of carbonyl (C=O) groups is 1. The highest BCUT2D eigenvalue weighted by Gasteiger charge is 2.30. The number of rotatable bonds is 6. The van der Waals surface area contributed by atoms with Crippen molar-refractivity contribution in [1.29, 1.82) is 0 Å². The monoisotopic (exact) mass is 364 g/mol. The Kier molecular flexibility index (Phi) is 5.16. The first-order valence-electron chi connectivity index (χ1n) is 9.39. The first kappa shape index (κ1) is 17.7. The van der Waals surface area contributed by atoms with E-state index in [2.05, 4.69) is 27.5 Å². The number of para-hydroxylation sites is 1. The first-order chi connectivity index (χ1) is 13.2. The van der Waals surface area contributed by atoms with Gasteiger partial charge in [0.25, 0.3) is 0 Å². The van der Waals surface area contributed by atoms with Crippen LogP contribution in [-0.4, -0.2) is 39.9 Å². The number of hydrogen-bond donors (Lipinski definition) is 1. The molecule has 27 heavy (non-hydrogen) atoms. The topological polar surface area (TPSA) is 69.0 Å². The number of carbonyl (C=O) groups excluding carboxylic acids is 1. The predicted octanol–water partition coefficient (Wildman–Crippen LogP) is 2.50. The lowest BCUT2D eigenvalue weighted by atomic mass is 9.93. The zero-order valence-corrected chi connectivity index (χ0v) is 15.5. The van der Waals surface area contributed by atoms with E-state index >= 15 is 0 Å². The lowest BCUT2D eigenvalue weighted by molar-refractivity contribution is -0.122. The second-order valence-electron chi connectivity index (χ2n) is 7.11. The van der Waals surface area contributed by atoms with E-state index in [-0.39, 0.29) is 17.9 Å². The van der Waals surface area contributed by atoms with Crippen molar-refractivity contribution in [3.05, 3.63) is 60.0 Å². The number of benzene rings is 1. The SMILES string of the molecule is Cc1ccnn1CCC(=O)N[C@H]1COC[C@H]1Cc1ccnc2ccccc12. The van der Waals surface area contributed by atoms with Gasteiger partial charge in [-0.05, 0) is 37.1 Å². The average molecular weight is 364 g/mol. The van der Waals surface area contributed by atoms with Crippen molar-refractivity contribution in [3.8, 4) is 0 Å². The molecule has 1 aromatic carbocycles. The Hall–Kier alpha value is -2.73. The standard InChI is InChI=1S/C21H24N4O2/c1-15-6-10-23-25(15)11-8-21(26)24-20-14-27-13-17(20)12-16-7-9-22-19-5-3-2-4-18(16)19/h2-7,9-10,17,20H,8,11-14H2,1H3,(H,24,26)/t17-,20+/m1/s1. The average Bonchev–Trinajstić information content (AvgIpc) is 3.29. The maximum Gasteiger partial charge on any atom is 0.222 e. The van der Waals surface area contributed by atoms with Crippen molar-refractivity contribution >= 4 is 16.8 Å². The molecule has 1 aliphatic heterocycles. The normalized spacial score (nSPS) is 19.4. The number of nitrogens with one attached hydrogen (secondary N) is 1. The Morgan fingerprint density at radius 1 is 1.22 bits per heavy atom. The molecule has 3 aromatic rings. The van der Waals surface area contributed by atoms with Gasteiger partial charge >= 0.3 is 0 Å². The van der Waals surface area contributed by atoms with Crippen molar-refractivity contribution < 1.29 is 9.53 Å². The fourth-order valence-electron chi connectivity index (χ4n) is 3.69. The molecule has 0 radical (unpaired) electrons. The van der Waals surface area contributed by atoms with Crippen LogP contribution in [0.25, 0.3) is 10.9 Å². The van der Waals surface area contributed by atoms with E-state index in [1.807, 2.05) is 42.1 Å². The molecule has 0 spiro atoms. The fraction of sp³-hybridized carbons (Fsp3) is 0.381. The van der Waals surface area contributed by atoms with E-state index in [9.17, 15) is 4.79 Å². The van der Waals surface area contributed by atoms with Gasteiger partial charge in [0.2, 0.25) is 5.91 Å². The zero-order chi connectivity index (χ0) is 18.6. The number of amides is 1. The molecule has 1 fully saturated rings. The minimum absolute atomic E-state index is 0.0446. The van der Waals surface area contributed by atoms with Gasteiger partial charge in [0, 0.05) is 42.4 Å². The van der Waals surface area contributed by atoms with E-state index in [1.165, 1.54) is 10.9 Å². The largest absolute Gasteiger partial charge is 0.379 e. The number of aromatic nitrogens is 3. The Labute approximate surface area is 158 Å². The minimum Gasteiger partial charge on any atom is -0.379 e. The summed E-state index contributed by atoms with van der Waals surface area (Å²) >= 11 is 0. The van der Waals surface area contributed by atoms with Crippen LogP contribution in [0.1, 0.15) is 17.7 Å². The molecule has 6 nitrogen and oxygen atoms in total. The van der Waals surface area contributed by atoms with Gasteiger partial charge < -0.3 is 10.1 Å². The second-order valence-corrected chi connectivity index (χ2v) is 7.11. The van der Waals surface area contributed by atoms with Crippen molar-refractivity contribution in [2.75, 3.05) is 13.2 Å². The fourth-order valence-corrected chi connectivity index (χ4v) is 3.69. The number of ether oxygens (including phenoxy) is 1. The van der Waals surface area contributed by atoms with E-state index < -0.39 is 0 Å². The van der Waals surface area contributed by atoms with E-state index in [4.69, 9.17) is 4.74 Å². The molecule has 1 aliphatic rings. The lowest BCUT2D eigenvalue weighted by Crippen LogP contribution is -2.41. The zero-order valence-electron chi connectivity index (χ0n) is 15.5. The Balaban J connectivity index is 1.38. The maximum absolute atomic E-state index is 12.4. The van der Waals surface area contributed by atoms with Crippen LogP contribution in [0.15, 0.2) is 48.8 Å². The van der Waals surface area contributed by atoms with Crippen LogP contribution in [-0.2, 0) is 22.5 Å². The summed E-state index contributed by atoms with van der Waals surface area (Å²) in [5.74, 6) is 0.316. The third-order valence-corrected chi connectivity index (χ3v) is 5.25.